The van der Waals surface area contributed by atoms with E-state index in [1.807, 2.05) is 35.5 Å². The fourth-order valence-corrected chi connectivity index (χ4v) is 4.30. The molecule has 3 heterocycles. The van der Waals surface area contributed by atoms with Gasteiger partial charge in [0.15, 0.2) is 0 Å². The summed E-state index contributed by atoms with van der Waals surface area (Å²) in [6.45, 7) is 2.54. The lowest BCUT2D eigenvalue weighted by Gasteiger charge is -2.24. The molecule has 34 heavy (non-hydrogen) atoms. The van der Waals surface area contributed by atoms with Crippen molar-refractivity contribution >= 4 is 11.4 Å². The molecule has 2 aromatic carbocycles. The van der Waals surface area contributed by atoms with Crippen molar-refractivity contribution in [2.75, 3.05) is 26.3 Å². The number of rotatable bonds is 6. The second-order valence-corrected chi connectivity index (χ2v) is 8.51. The molecule has 1 fully saturated rings. The number of nitrogens with zero attached hydrogens (tertiary/aromatic N) is 3. The third-order valence-electron chi connectivity index (χ3n) is 6.04. The van der Waals surface area contributed by atoms with Crippen molar-refractivity contribution < 1.29 is 18.7 Å². The van der Waals surface area contributed by atoms with Gasteiger partial charge in [-0.1, -0.05) is 18.2 Å². The van der Waals surface area contributed by atoms with E-state index in [9.17, 15) is 9.18 Å². The van der Waals surface area contributed by atoms with Gasteiger partial charge in [0, 0.05) is 43.2 Å². The standard InChI is InChI=1S/C27H26FN3O3/c28-23-8-6-20(7-9-23)19-34-24-4-1-3-22(16-24)27(32)31-13-14-33-18-21(17-31)15-25-26-5-2-11-30(26)12-10-29-25/h1-12,16,21H,13-15,17-19H2/t21-/m1/s1. The summed E-state index contributed by atoms with van der Waals surface area (Å²) in [5.41, 5.74) is 3.52. The fraction of sp³-hybridized carbons (Fsp3) is 0.259. The molecule has 5 rings (SSSR count). The zero-order valence-corrected chi connectivity index (χ0v) is 18.8. The van der Waals surface area contributed by atoms with E-state index < -0.39 is 0 Å². The molecule has 1 atom stereocenters. The molecule has 0 spiro atoms. The minimum Gasteiger partial charge on any atom is -0.489 e. The van der Waals surface area contributed by atoms with E-state index in [0.29, 0.717) is 44.2 Å². The van der Waals surface area contributed by atoms with Gasteiger partial charge in [-0.05, 0) is 54.4 Å². The van der Waals surface area contributed by atoms with Crippen LogP contribution in [0, 0.1) is 11.7 Å². The number of ether oxygens (including phenoxy) is 2. The predicted molar refractivity (Wildman–Crippen MR) is 126 cm³/mol. The van der Waals surface area contributed by atoms with Crippen LogP contribution in [0.4, 0.5) is 4.39 Å². The lowest BCUT2D eigenvalue weighted by atomic mass is 10.0. The van der Waals surface area contributed by atoms with Crippen LogP contribution < -0.4 is 4.74 Å². The van der Waals surface area contributed by atoms with E-state index in [2.05, 4.69) is 15.5 Å². The quantitative estimate of drug-likeness (QED) is 0.429. The van der Waals surface area contributed by atoms with Gasteiger partial charge in [-0.25, -0.2) is 4.39 Å². The van der Waals surface area contributed by atoms with Gasteiger partial charge in [-0.15, -0.1) is 0 Å². The van der Waals surface area contributed by atoms with Gasteiger partial charge in [0.25, 0.3) is 5.91 Å². The number of carbonyl (C=O) groups excluding carboxylic acids is 1. The molecule has 0 unspecified atom stereocenters. The first-order valence-corrected chi connectivity index (χ1v) is 11.4. The van der Waals surface area contributed by atoms with Crippen molar-refractivity contribution in [3.63, 3.8) is 0 Å². The molecular formula is C27H26FN3O3. The normalized spacial score (nSPS) is 16.4. The van der Waals surface area contributed by atoms with Gasteiger partial charge in [-0.2, -0.15) is 0 Å². The van der Waals surface area contributed by atoms with Crippen LogP contribution in [0.25, 0.3) is 5.52 Å². The Kier molecular flexibility index (Phi) is 6.53. The maximum Gasteiger partial charge on any atom is 0.254 e. The molecule has 1 aliphatic rings. The molecule has 0 bridgehead atoms. The first-order chi connectivity index (χ1) is 16.7. The van der Waals surface area contributed by atoms with Crippen LogP contribution >= 0.6 is 0 Å². The number of benzene rings is 2. The minimum absolute atomic E-state index is 0.0448. The van der Waals surface area contributed by atoms with Gasteiger partial charge in [-0.3, -0.25) is 9.78 Å². The van der Waals surface area contributed by atoms with Gasteiger partial charge < -0.3 is 18.8 Å². The van der Waals surface area contributed by atoms with Gasteiger partial charge in [0.05, 0.1) is 24.4 Å². The van der Waals surface area contributed by atoms with Crippen LogP contribution in [-0.4, -0.2) is 46.5 Å². The topological polar surface area (TPSA) is 56.1 Å². The van der Waals surface area contributed by atoms with Crippen LogP contribution in [0.5, 0.6) is 5.75 Å². The second kappa shape index (κ2) is 10.1. The highest BCUT2D eigenvalue weighted by molar-refractivity contribution is 5.94. The summed E-state index contributed by atoms with van der Waals surface area (Å²) in [6, 6.07) is 17.4. The Morgan fingerprint density at radius 2 is 2.00 bits per heavy atom. The average molecular weight is 460 g/mol. The SMILES string of the molecule is O=C(c1cccc(OCc2ccc(F)cc2)c1)N1CCOC[C@H](Cc2nccn3cccc23)C1. The number of amides is 1. The summed E-state index contributed by atoms with van der Waals surface area (Å²) in [7, 11) is 0. The Morgan fingerprint density at radius 1 is 1.12 bits per heavy atom. The van der Waals surface area contributed by atoms with Crippen molar-refractivity contribution in [3.05, 3.63) is 102 Å². The molecule has 0 N–H and O–H groups in total. The van der Waals surface area contributed by atoms with E-state index in [1.165, 1.54) is 12.1 Å². The summed E-state index contributed by atoms with van der Waals surface area (Å²) in [6.07, 6.45) is 6.48. The Balaban J connectivity index is 1.26. The molecule has 0 saturated carbocycles. The molecule has 6 nitrogen and oxygen atoms in total. The molecular weight excluding hydrogens is 433 g/mol. The second-order valence-electron chi connectivity index (χ2n) is 8.51. The van der Waals surface area contributed by atoms with Gasteiger partial charge >= 0.3 is 0 Å². The molecule has 0 aliphatic carbocycles. The summed E-state index contributed by atoms with van der Waals surface area (Å²) in [4.78, 5) is 19.8. The predicted octanol–water partition coefficient (Wildman–Crippen LogP) is 4.38. The Labute approximate surface area is 197 Å². The number of hydrogen-bond acceptors (Lipinski definition) is 4. The smallest absolute Gasteiger partial charge is 0.254 e. The third-order valence-corrected chi connectivity index (χ3v) is 6.04. The summed E-state index contributed by atoms with van der Waals surface area (Å²) in [5.74, 6) is 0.425. The van der Waals surface area contributed by atoms with Crippen LogP contribution in [0.2, 0.25) is 0 Å². The maximum absolute atomic E-state index is 13.3. The first-order valence-electron chi connectivity index (χ1n) is 11.4. The highest BCUT2D eigenvalue weighted by atomic mass is 19.1. The van der Waals surface area contributed by atoms with Crippen molar-refractivity contribution in [2.24, 2.45) is 5.92 Å². The summed E-state index contributed by atoms with van der Waals surface area (Å²) < 4.78 is 26.8. The number of aromatic nitrogens is 2. The molecule has 1 saturated heterocycles. The number of fused-ring (bicyclic) bond motifs is 1. The lowest BCUT2D eigenvalue weighted by molar-refractivity contribution is 0.0736. The largest absolute Gasteiger partial charge is 0.489 e. The molecule has 7 heteroatoms. The minimum atomic E-state index is -0.280. The zero-order chi connectivity index (χ0) is 23.3. The summed E-state index contributed by atoms with van der Waals surface area (Å²) >= 11 is 0. The number of carbonyl (C=O) groups is 1. The Morgan fingerprint density at radius 3 is 2.88 bits per heavy atom. The van der Waals surface area contributed by atoms with E-state index in [1.54, 1.807) is 30.5 Å². The monoisotopic (exact) mass is 459 g/mol. The first kappa shape index (κ1) is 22.1. The van der Waals surface area contributed by atoms with Crippen LogP contribution in [-0.2, 0) is 17.8 Å². The van der Waals surface area contributed by atoms with Crippen molar-refractivity contribution in [1.29, 1.82) is 0 Å². The van der Waals surface area contributed by atoms with Gasteiger partial charge in [0.1, 0.15) is 18.2 Å². The maximum atomic E-state index is 13.3. The van der Waals surface area contributed by atoms with Crippen molar-refractivity contribution in [2.45, 2.75) is 13.0 Å². The highest BCUT2D eigenvalue weighted by Crippen LogP contribution is 2.21. The third kappa shape index (κ3) is 5.10. The molecule has 2 aromatic heterocycles. The summed E-state index contributed by atoms with van der Waals surface area (Å²) in [5, 5.41) is 0. The lowest BCUT2D eigenvalue weighted by Crippen LogP contribution is -2.36. The van der Waals surface area contributed by atoms with Crippen LogP contribution in [0.15, 0.2) is 79.3 Å². The van der Waals surface area contributed by atoms with Gasteiger partial charge in [0.2, 0.25) is 0 Å². The average Bonchev–Trinajstić information content (AvgIpc) is 3.23. The van der Waals surface area contributed by atoms with E-state index >= 15 is 0 Å². The van der Waals surface area contributed by atoms with E-state index in [-0.39, 0.29) is 17.6 Å². The number of hydrogen-bond donors (Lipinski definition) is 0. The van der Waals surface area contributed by atoms with Crippen molar-refractivity contribution in [3.8, 4) is 5.75 Å². The molecule has 4 aromatic rings. The fourth-order valence-electron chi connectivity index (χ4n) is 4.30. The van der Waals surface area contributed by atoms with Crippen LogP contribution in [0.1, 0.15) is 21.6 Å². The zero-order valence-electron chi connectivity index (χ0n) is 18.8. The molecule has 0 radical (unpaired) electrons. The van der Waals surface area contributed by atoms with Crippen molar-refractivity contribution in [1.82, 2.24) is 14.3 Å². The molecule has 1 amide bonds. The van der Waals surface area contributed by atoms with Crippen LogP contribution in [0.3, 0.4) is 0 Å². The van der Waals surface area contributed by atoms with E-state index in [4.69, 9.17) is 9.47 Å². The molecule has 1 aliphatic heterocycles. The molecule has 174 valence electrons. The Hall–Kier alpha value is -3.71. The Bertz CT molecular complexity index is 1270. The van der Waals surface area contributed by atoms with E-state index in [0.717, 1.165) is 23.2 Å². The number of halogens is 1. The highest BCUT2D eigenvalue weighted by Gasteiger charge is 2.25.